The molecule has 0 aromatic heterocycles. The van der Waals surface area contributed by atoms with Crippen LogP contribution < -0.4 is 10.2 Å². The van der Waals surface area contributed by atoms with Gasteiger partial charge in [0, 0.05) is 17.5 Å². The fourth-order valence-electron chi connectivity index (χ4n) is 3.03. The van der Waals surface area contributed by atoms with Gasteiger partial charge in [0.1, 0.15) is 0 Å². The van der Waals surface area contributed by atoms with E-state index in [4.69, 9.17) is 23.2 Å². The number of carbonyl (C=O) groups excluding carboxylic acids is 2. The number of benzene rings is 3. The number of sulfonamides is 1. The molecule has 0 saturated heterocycles. The second-order valence-electron chi connectivity index (χ2n) is 7.60. The highest BCUT2D eigenvalue weighted by Gasteiger charge is 2.34. The Hall–Kier alpha value is -3.13. The lowest BCUT2D eigenvalue weighted by molar-refractivity contribution is -0.146. The Morgan fingerprint density at radius 2 is 1.66 bits per heavy atom. The first-order chi connectivity index (χ1) is 17.7. The molecule has 15 heteroatoms. The fourth-order valence-corrected chi connectivity index (χ4v) is 5.82. The molecule has 0 fully saturated rings. The first kappa shape index (κ1) is 29.4. The molecule has 38 heavy (non-hydrogen) atoms. The van der Waals surface area contributed by atoms with Crippen molar-refractivity contribution in [3.63, 3.8) is 0 Å². The molecule has 0 bridgehead atoms. The molecule has 1 unspecified atom stereocenters. The van der Waals surface area contributed by atoms with Gasteiger partial charge in [-0.05, 0) is 54.1 Å². The summed E-state index contributed by atoms with van der Waals surface area (Å²) in [5, 5.41) is -0.588. The van der Waals surface area contributed by atoms with Crippen molar-refractivity contribution >= 4 is 61.6 Å². The zero-order valence-electron chi connectivity index (χ0n) is 19.1. The molecular weight excluding hydrogens is 592 g/mol. The normalized spacial score (nSPS) is 12.5. The number of carbonyl (C=O) groups is 2. The maximum atomic E-state index is 13.2. The molecule has 202 valence electrons. The number of hydrogen-bond acceptors (Lipinski definition) is 6. The van der Waals surface area contributed by atoms with Crippen LogP contribution in [0.5, 0.6) is 0 Å². The van der Waals surface area contributed by atoms with Gasteiger partial charge in [-0.15, -0.1) is 0 Å². The van der Waals surface area contributed by atoms with Gasteiger partial charge in [-0.25, -0.2) is 8.42 Å². The van der Waals surface area contributed by atoms with Gasteiger partial charge in [0.05, 0.1) is 42.6 Å². The molecule has 3 aromatic rings. The van der Waals surface area contributed by atoms with Gasteiger partial charge in [0.15, 0.2) is 0 Å². The number of alkyl halides is 3. The first-order valence-corrected chi connectivity index (χ1v) is 13.9. The molecular formula is C23H17Cl2F3N2O6S2. The minimum Gasteiger partial charge on any atom is -0.341 e. The van der Waals surface area contributed by atoms with Crippen molar-refractivity contribution in [1.29, 1.82) is 0 Å². The summed E-state index contributed by atoms with van der Waals surface area (Å²) < 4.78 is 80.7. The minimum atomic E-state index is -4.89. The van der Waals surface area contributed by atoms with Crippen molar-refractivity contribution in [2.24, 2.45) is 0 Å². The Bertz CT molecular complexity index is 1510. The second kappa shape index (κ2) is 11.7. The molecule has 1 atom stereocenters. The zero-order chi connectivity index (χ0) is 28.3. The summed E-state index contributed by atoms with van der Waals surface area (Å²) in [5.74, 6) is -1.50. The first-order valence-electron chi connectivity index (χ1n) is 10.3. The van der Waals surface area contributed by atoms with Crippen LogP contribution in [0.4, 0.5) is 18.9 Å². The SMILES string of the molecule is CC(=O)ONC(=O)c1ccc(CS(=O)c2ccc(Cl)cc2NS(=O)(=O)c2ccc(Cl)c(C(F)(F)F)c2)cc1. The Kier molecular flexibility index (Phi) is 9.08. The van der Waals surface area contributed by atoms with E-state index in [0.29, 0.717) is 11.6 Å². The number of rotatable bonds is 7. The monoisotopic (exact) mass is 608 g/mol. The summed E-state index contributed by atoms with van der Waals surface area (Å²) >= 11 is 11.6. The van der Waals surface area contributed by atoms with E-state index in [0.717, 1.165) is 19.1 Å². The maximum Gasteiger partial charge on any atom is 0.417 e. The summed E-state index contributed by atoms with van der Waals surface area (Å²) in [4.78, 5) is 26.4. The van der Waals surface area contributed by atoms with Crippen LogP contribution in [0.1, 0.15) is 28.4 Å². The van der Waals surface area contributed by atoms with Crippen molar-refractivity contribution in [3.8, 4) is 0 Å². The van der Waals surface area contributed by atoms with Gasteiger partial charge < -0.3 is 4.84 Å². The molecule has 1 amide bonds. The summed E-state index contributed by atoms with van der Waals surface area (Å²) in [6, 6.07) is 11.8. The Morgan fingerprint density at radius 3 is 2.26 bits per heavy atom. The average molecular weight is 609 g/mol. The highest BCUT2D eigenvalue weighted by molar-refractivity contribution is 7.92. The van der Waals surface area contributed by atoms with Crippen molar-refractivity contribution in [2.45, 2.75) is 28.6 Å². The van der Waals surface area contributed by atoms with Gasteiger partial charge in [-0.3, -0.25) is 18.5 Å². The molecule has 3 aromatic carbocycles. The number of anilines is 1. The van der Waals surface area contributed by atoms with E-state index in [1.54, 1.807) is 0 Å². The third-order valence-electron chi connectivity index (χ3n) is 4.79. The lowest BCUT2D eigenvalue weighted by atomic mass is 10.1. The van der Waals surface area contributed by atoms with E-state index in [1.807, 2.05) is 5.48 Å². The van der Waals surface area contributed by atoms with E-state index in [2.05, 4.69) is 9.56 Å². The molecule has 0 saturated carbocycles. The molecule has 0 heterocycles. The predicted octanol–water partition coefficient (Wildman–Crippen LogP) is 5.33. The highest BCUT2D eigenvalue weighted by Crippen LogP contribution is 2.36. The Balaban J connectivity index is 1.84. The molecule has 8 nitrogen and oxygen atoms in total. The van der Waals surface area contributed by atoms with Crippen LogP contribution in [-0.4, -0.2) is 24.5 Å². The van der Waals surface area contributed by atoms with Crippen LogP contribution in [0.25, 0.3) is 0 Å². The number of hydroxylamine groups is 1. The summed E-state index contributed by atoms with van der Waals surface area (Å²) in [6.07, 6.45) is -4.89. The Morgan fingerprint density at radius 1 is 1.00 bits per heavy atom. The van der Waals surface area contributed by atoms with Crippen LogP contribution in [0, 0.1) is 0 Å². The lowest BCUT2D eigenvalue weighted by Gasteiger charge is -2.15. The molecule has 2 N–H and O–H groups in total. The molecule has 0 radical (unpaired) electrons. The van der Waals surface area contributed by atoms with Crippen LogP contribution in [0.3, 0.4) is 0 Å². The van der Waals surface area contributed by atoms with E-state index in [9.17, 15) is 35.4 Å². The Labute approximate surface area is 227 Å². The van der Waals surface area contributed by atoms with Crippen LogP contribution in [-0.2, 0) is 42.4 Å². The van der Waals surface area contributed by atoms with Crippen molar-refractivity contribution in [3.05, 3.63) is 87.4 Å². The minimum absolute atomic E-state index is 0.0136. The van der Waals surface area contributed by atoms with Gasteiger partial charge in [-0.2, -0.15) is 18.7 Å². The largest absolute Gasteiger partial charge is 0.417 e. The van der Waals surface area contributed by atoms with Crippen molar-refractivity contribution in [1.82, 2.24) is 5.48 Å². The average Bonchev–Trinajstić information content (AvgIpc) is 2.82. The number of hydrogen-bond donors (Lipinski definition) is 2. The topological polar surface area (TPSA) is 119 Å². The molecule has 0 spiro atoms. The lowest BCUT2D eigenvalue weighted by Crippen LogP contribution is -2.25. The summed E-state index contributed by atoms with van der Waals surface area (Å²) in [7, 11) is -6.42. The van der Waals surface area contributed by atoms with Crippen LogP contribution in [0.2, 0.25) is 10.0 Å². The molecule has 0 aliphatic carbocycles. The highest BCUT2D eigenvalue weighted by atomic mass is 35.5. The summed E-state index contributed by atoms with van der Waals surface area (Å²) in [5.41, 5.74) is 1.08. The molecule has 3 rings (SSSR count). The quantitative estimate of drug-likeness (QED) is 0.350. The fraction of sp³-hybridized carbons (Fsp3) is 0.130. The van der Waals surface area contributed by atoms with E-state index < -0.39 is 54.4 Å². The van der Waals surface area contributed by atoms with Gasteiger partial charge in [0.2, 0.25) is 0 Å². The smallest absolute Gasteiger partial charge is 0.341 e. The molecule has 0 aliphatic heterocycles. The zero-order valence-corrected chi connectivity index (χ0v) is 22.3. The van der Waals surface area contributed by atoms with Gasteiger partial charge in [0.25, 0.3) is 15.9 Å². The predicted molar refractivity (Wildman–Crippen MR) is 135 cm³/mol. The number of nitrogens with one attached hydrogen (secondary N) is 2. The van der Waals surface area contributed by atoms with Crippen LogP contribution >= 0.6 is 23.2 Å². The molecule has 0 aliphatic rings. The van der Waals surface area contributed by atoms with E-state index in [-0.39, 0.29) is 26.9 Å². The van der Waals surface area contributed by atoms with Crippen molar-refractivity contribution in [2.75, 3.05) is 4.72 Å². The maximum absolute atomic E-state index is 13.2. The third-order valence-corrected chi connectivity index (χ3v) is 8.16. The van der Waals surface area contributed by atoms with Gasteiger partial charge >= 0.3 is 12.1 Å². The van der Waals surface area contributed by atoms with Gasteiger partial charge in [-0.1, -0.05) is 35.3 Å². The van der Waals surface area contributed by atoms with Crippen LogP contribution in [0.15, 0.2) is 70.5 Å². The van der Waals surface area contributed by atoms with E-state index >= 15 is 0 Å². The third kappa shape index (κ3) is 7.47. The number of amides is 1. The number of halogens is 5. The summed E-state index contributed by atoms with van der Waals surface area (Å²) in [6.45, 7) is 1.11. The standard InChI is InChI=1S/C23H17Cl2F3N2O6S2/c1-13(31)36-29-22(32)15-4-2-14(3-5-15)12-37(33)21-9-6-16(24)10-20(21)30-38(34,35)17-7-8-19(25)18(11-17)23(26,27)28/h2-11,30H,12H2,1H3,(H,29,32). The van der Waals surface area contributed by atoms with E-state index in [1.165, 1.54) is 42.5 Å². The van der Waals surface area contributed by atoms with Crippen molar-refractivity contribution < 1.29 is 40.2 Å². The second-order valence-corrected chi connectivity index (χ2v) is 11.5.